The Balaban J connectivity index is 1.67. The van der Waals surface area contributed by atoms with Gasteiger partial charge in [-0.15, -0.1) is 0 Å². The van der Waals surface area contributed by atoms with Crippen LogP contribution in [0.5, 0.6) is 0 Å². The summed E-state index contributed by atoms with van der Waals surface area (Å²) >= 11 is 0. The van der Waals surface area contributed by atoms with E-state index in [9.17, 15) is 17.6 Å². The van der Waals surface area contributed by atoms with Gasteiger partial charge in [0.15, 0.2) is 0 Å². The predicted molar refractivity (Wildman–Crippen MR) is 98.0 cm³/mol. The van der Waals surface area contributed by atoms with Crippen molar-refractivity contribution in [1.29, 1.82) is 0 Å². The Kier molecular flexibility index (Phi) is 5.56. The van der Waals surface area contributed by atoms with Crippen molar-refractivity contribution in [2.75, 3.05) is 4.72 Å². The van der Waals surface area contributed by atoms with Crippen LogP contribution in [0.1, 0.15) is 42.5 Å². The van der Waals surface area contributed by atoms with Gasteiger partial charge in [-0.2, -0.15) is 0 Å². The molecule has 2 aromatic carbocycles. The molecule has 0 aromatic heterocycles. The van der Waals surface area contributed by atoms with Gasteiger partial charge < -0.3 is 5.32 Å². The van der Waals surface area contributed by atoms with Crippen LogP contribution < -0.4 is 10.0 Å². The van der Waals surface area contributed by atoms with Crippen molar-refractivity contribution in [3.05, 3.63) is 59.9 Å². The van der Waals surface area contributed by atoms with Crippen molar-refractivity contribution >= 4 is 21.6 Å². The Morgan fingerprint density at radius 2 is 1.54 bits per heavy atom. The van der Waals surface area contributed by atoms with Crippen LogP contribution in [0.25, 0.3) is 0 Å². The SMILES string of the molecule is O=C(NC1CCCCC1)c1ccc(S(=O)(=O)Nc2ccc(F)cc2)cc1. The van der Waals surface area contributed by atoms with Gasteiger partial charge in [0.2, 0.25) is 0 Å². The molecule has 1 aliphatic rings. The summed E-state index contributed by atoms with van der Waals surface area (Å²) in [6.07, 6.45) is 5.42. The van der Waals surface area contributed by atoms with E-state index in [1.165, 1.54) is 55.0 Å². The number of benzene rings is 2. The normalized spacial score (nSPS) is 15.4. The number of nitrogens with one attached hydrogen (secondary N) is 2. The summed E-state index contributed by atoms with van der Waals surface area (Å²) in [5.41, 5.74) is 0.696. The van der Waals surface area contributed by atoms with E-state index in [0.29, 0.717) is 5.56 Å². The zero-order valence-electron chi connectivity index (χ0n) is 14.2. The van der Waals surface area contributed by atoms with E-state index < -0.39 is 15.8 Å². The molecule has 5 nitrogen and oxygen atoms in total. The Labute approximate surface area is 152 Å². The number of halogens is 1. The van der Waals surface area contributed by atoms with Gasteiger partial charge in [0.25, 0.3) is 15.9 Å². The maximum Gasteiger partial charge on any atom is 0.261 e. The summed E-state index contributed by atoms with van der Waals surface area (Å²) in [6, 6.07) is 11.0. The topological polar surface area (TPSA) is 75.3 Å². The van der Waals surface area contributed by atoms with E-state index in [1.807, 2.05) is 0 Å². The molecule has 0 aliphatic heterocycles. The van der Waals surface area contributed by atoms with Gasteiger partial charge in [0.05, 0.1) is 4.90 Å². The molecular formula is C19H21FN2O3S. The number of anilines is 1. The lowest BCUT2D eigenvalue weighted by Gasteiger charge is -2.22. The van der Waals surface area contributed by atoms with E-state index in [2.05, 4.69) is 10.0 Å². The minimum atomic E-state index is -3.80. The van der Waals surface area contributed by atoms with Crippen molar-refractivity contribution in [1.82, 2.24) is 5.32 Å². The van der Waals surface area contributed by atoms with Crippen molar-refractivity contribution in [2.45, 2.75) is 43.0 Å². The first-order valence-corrected chi connectivity index (χ1v) is 10.1. The molecule has 7 heteroatoms. The largest absolute Gasteiger partial charge is 0.349 e. The van der Waals surface area contributed by atoms with E-state index in [-0.39, 0.29) is 22.5 Å². The molecule has 0 spiro atoms. The predicted octanol–water partition coefficient (Wildman–Crippen LogP) is 3.69. The summed E-state index contributed by atoms with van der Waals surface area (Å²) in [7, 11) is -3.80. The Morgan fingerprint density at radius 3 is 2.15 bits per heavy atom. The molecule has 0 bridgehead atoms. The second-order valence-electron chi connectivity index (χ2n) is 6.45. The Bertz CT molecular complexity index is 859. The van der Waals surface area contributed by atoms with Gasteiger partial charge in [-0.05, 0) is 61.4 Å². The van der Waals surface area contributed by atoms with Crippen molar-refractivity contribution in [3.63, 3.8) is 0 Å². The summed E-state index contributed by atoms with van der Waals surface area (Å²) < 4.78 is 40.1. The van der Waals surface area contributed by atoms with E-state index in [4.69, 9.17) is 0 Å². The van der Waals surface area contributed by atoms with Crippen LogP contribution in [0.3, 0.4) is 0 Å². The lowest BCUT2D eigenvalue weighted by atomic mass is 9.95. The summed E-state index contributed by atoms with van der Waals surface area (Å²) in [6.45, 7) is 0. The first-order valence-electron chi connectivity index (χ1n) is 8.63. The molecule has 138 valence electrons. The number of carbonyl (C=O) groups is 1. The first-order chi connectivity index (χ1) is 12.4. The molecule has 0 saturated heterocycles. The van der Waals surface area contributed by atoms with Gasteiger partial charge in [0.1, 0.15) is 5.82 Å². The number of hydrogen-bond donors (Lipinski definition) is 2. The number of sulfonamides is 1. The van der Waals surface area contributed by atoms with Gasteiger partial charge in [0, 0.05) is 17.3 Å². The fourth-order valence-electron chi connectivity index (χ4n) is 3.03. The smallest absolute Gasteiger partial charge is 0.261 e. The van der Waals surface area contributed by atoms with Gasteiger partial charge in [-0.1, -0.05) is 19.3 Å². The number of rotatable bonds is 5. The molecule has 1 aliphatic carbocycles. The molecule has 1 amide bonds. The van der Waals surface area contributed by atoms with E-state index in [1.54, 1.807) is 0 Å². The standard InChI is InChI=1S/C19H21FN2O3S/c20-15-8-10-17(11-9-15)22-26(24,25)18-12-6-14(7-13-18)19(23)21-16-4-2-1-3-5-16/h6-13,16,22H,1-5H2,(H,21,23). The highest BCUT2D eigenvalue weighted by molar-refractivity contribution is 7.92. The molecule has 2 aromatic rings. The number of carbonyl (C=O) groups excluding carboxylic acids is 1. The Morgan fingerprint density at radius 1 is 0.923 bits per heavy atom. The lowest BCUT2D eigenvalue weighted by Crippen LogP contribution is -2.36. The minimum Gasteiger partial charge on any atom is -0.349 e. The summed E-state index contributed by atoms with van der Waals surface area (Å²) in [4.78, 5) is 12.3. The lowest BCUT2D eigenvalue weighted by molar-refractivity contribution is 0.0927. The van der Waals surface area contributed by atoms with Crippen LogP contribution in [0, 0.1) is 5.82 Å². The molecule has 0 unspecified atom stereocenters. The molecule has 26 heavy (non-hydrogen) atoms. The molecule has 1 saturated carbocycles. The van der Waals surface area contributed by atoms with Crippen LogP contribution >= 0.6 is 0 Å². The highest BCUT2D eigenvalue weighted by atomic mass is 32.2. The summed E-state index contributed by atoms with van der Waals surface area (Å²) in [5.74, 6) is -0.631. The zero-order chi connectivity index (χ0) is 18.6. The highest BCUT2D eigenvalue weighted by Crippen LogP contribution is 2.19. The monoisotopic (exact) mass is 376 g/mol. The van der Waals surface area contributed by atoms with Crippen LogP contribution in [0.15, 0.2) is 53.4 Å². The minimum absolute atomic E-state index is 0.0380. The van der Waals surface area contributed by atoms with Crippen LogP contribution in [-0.4, -0.2) is 20.4 Å². The zero-order valence-corrected chi connectivity index (χ0v) is 15.1. The Hall–Kier alpha value is -2.41. The van der Waals surface area contributed by atoms with Gasteiger partial charge in [-0.3, -0.25) is 9.52 Å². The molecular weight excluding hydrogens is 355 g/mol. The fraction of sp³-hybridized carbons (Fsp3) is 0.316. The van der Waals surface area contributed by atoms with E-state index in [0.717, 1.165) is 25.7 Å². The van der Waals surface area contributed by atoms with E-state index >= 15 is 0 Å². The van der Waals surface area contributed by atoms with Crippen molar-refractivity contribution < 1.29 is 17.6 Å². The second kappa shape index (κ2) is 7.86. The third-order valence-electron chi connectivity index (χ3n) is 4.46. The number of hydrogen-bond acceptors (Lipinski definition) is 3. The summed E-state index contributed by atoms with van der Waals surface area (Å²) in [5, 5.41) is 3.00. The molecule has 2 N–H and O–H groups in total. The quantitative estimate of drug-likeness (QED) is 0.836. The van der Waals surface area contributed by atoms with Crippen LogP contribution in [0.4, 0.5) is 10.1 Å². The van der Waals surface area contributed by atoms with Crippen LogP contribution in [-0.2, 0) is 10.0 Å². The van der Waals surface area contributed by atoms with Crippen molar-refractivity contribution in [3.8, 4) is 0 Å². The molecule has 3 rings (SSSR count). The number of amides is 1. The molecule has 1 fully saturated rings. The van der Waals surface area contributed by atoms with Crippen LogP contribution in [0.2, 0.25) is 0 Å². The third-order valence-corrected chi connectivity index (χ3v) is 5.86. The molecule has 0 atom stereocenters. The fourth-order valence-corrected chi connectivity index (χ4v) is 4.09. The van der Waals surface area contributed by atoms with Crippen molar-refractivity contribution in [2.24, 2.45) is 0 Å². The maximum atomic E-state index is 12.9. The molecule has 0 radical (unpaired) electrons. The average Bonchev–Trinajstić information content (AvgIpc) is 2.64. The first kappa shape index (κ1) is 18.4. The highest BCUT2D eigenvalue weighted by Gasteiger charge is 2.18. The van der Waals surface area contributed by atoms with Gasteiger partial charge in [-0.25, -0.2) is 12.8 Å². The van der Waals surface area contributed by atoms with Gasteiger partial charge >= 0.3 is 0 Å². The molecule has 0 heterocycles. The second-order valence-corrected chi connectivity index (χ2v) is 8.13. The third kappa shape index (κ3) is 4.60. The maximum absolute atomic E-state index is 12.9. The average molecular weight is 376 g/mol.